The summed E-state index contributed by atoms with van der Waals surface area (Å²) < 4.78 is 0. The zero-order chi connectivity index (χ0) is 13.9. The zero-order valence-electron chi connectivity index (χ0n) is 10.3. The van der Waals surface area contributed by atoms with E-state index in [2.05, 4.69) is 20.5 Å². The van der Waals surface area contributed by atoms with Gasteiger partial charge >= 0.3 is 0 Å². The molecule has 3 aromatic rings. The van der Waals surface area contributed by atoms with Crippen molar-refractivity contribution in [1.82, 2.24) is 9.97 Å². The molecule has 6 heteroatoms. The second-order valence-electron chi connectivity index (χ2n) is 4.17. The van der Waals surface area contributed by atoms with Crippen molar-refractivity contribution in [2.75, 3.05) is 5.43 Å². The van der Waals surface area contributed by atoms with Gasteiger partial charge in [0, 0.05) is 10.0 Å². The number of halogens is 2. The average Bonchev–Trinajstić information content (AvgIpc) is 2.83. The Morgan fingerprint density at radius 1 is 1.05 bits per heavy atom. The summed E-state index contributed by atoms with van der Waals surface area (Å²) in [6.07, 6.45) is 1.69. The van der Waals surface area contributed by atoms with Gasteiger partial charge in [-0.3, -0.25) is 0 Å². The molecule has 0 radical (unpaired) electrons. The monoisotopic (exact) mass is 320 g/mol. The second-order valence-corrected chi connectivity index (χ2v) is 5.04. The van der Waals surface area contributed by atoms with E-state index < -0.39 is 0 Å². The first-order valence-corrected chi connectivity index (χ1v) is 6.66. The minimum atomic E-state index is 0. The second kappa shape index (κ2) is 6.61. The number of anilines is 1. The number of aromatic nitrogens is 2. The van der Waals surface area contributed by atoms with E-state index in [1.165, 1.54) is 0 Å². The molecule has 0 amide bonds. The van der Waals surface area contributed by atoms with Crippen molar-refractivity contribution in [2.24, 2.45) is 5.10 Å². The van der Waals surface area contributed by atoms with Crippen LogP contribution in [-0.2, 0) is 0 Å². The molecule has 0 aliphatic heterocycles. The standard InChI is InChI=1S/C14H10Cl2N4.CH4/c15-10-3-1-9(2-4-10)8-17-20-14-18-12-6-5-11(16)7-13(12)19-14;/h1-8H,(H2,18,19,20);1H4/b17-8+;. The van der Waals surface area contributed by atoms with Crippen LogP contribution in [0.3, 0.4) is 0 Å². The lowest BCUT2D eigenvalue weighted by Gasteiger charge is -1.94. The highest BCUT2D eigenvalue weighted by Crippen LogP contribution is 2.18. The lowest BCUT2D eigenvalue weighted by atomic mass is 10.2. The van der Waals surface area contributed by atoms with Crippen LogP contribution in [0.4, 0.5) is 5.95 Å². The van der Waals surface area contributed by atoms with E-state index in [0.717, 1.165) is 16.6 Å². The number of hydrogen-bond acceptors (Lipinski definition) is 3. The van der Waals surface area contributed by atoms with Gasteiger partial charge in [-0.25, -0.2) is 10.4 Å². The lowest BCUT2D eigenvalue weighted by Crippen LogP contribution is -1.92. The van der Waals surface area contributed by atoms with Crippen LogP contribution in [0.25, 0.3) is 11.0 Å². The van der Waals surface area contributed by atoms with Crippen molar-refractivity contribution in [3.63, 3.8) is 0 Å². The molecule has 2 N–H and O–H groups in total. The first-order valence-electron chi connectivity index (χ1n) is 5.91. The Balaban J connectivity index is 0.00000161. The number of H-pyrrole nitrogens is 1. The largest absolute Gasteiger partial charge is 0.323 e. The highest BCUT2D eigenvalue weighted by Gasteiger charge is 2.01. The van der Waals surface area contributed by atoms with Gasteiger partial charge in [-0.05, 0) is 35.9 Å². The van der Waals surface area contributed by atoms with Crippen molar-refractivity contribution < 1.29 is 0 Å². The van der Waals surface area contributed by atoms with Gasteiger partial charge in [0.05, 0.1) is 17.2 Å². The molecule has 3 rings (SSSR count). The van der Waals surface area contributed by atoms with Crippen LogP contribution >= 0.6 is 23.2 Å². The van der Waals surface area contributed by atoms with Gasteiger partial charge in [-0.1, -0.05) is 42.8 Å². The van der Waals surface area contributed by atoms with Crippen LogP contribution in [0.15, 0.2) is 47.6 Å². The van der Waals surface area contributed by atoms with Crippen LogP contribution in [0.2, 0.25) is 10.0 Å². The summed E-state index contributed by atoms with van der Waals surface area (Å²) in [5.74, 6) is 0.562. The number of benzene rings is 2. The molecule has 0 aliphatic carbocycles. The smallest absolute Gasteiger partial charge is 0.222 e. The van der Waals surface area contributed by atoms with Crippen LogP contribution in [0.1, 0.15) is 13.0 Å². The Hall–Kier alpha value is -2.04. The zero-order valence-corrected chi connectivity index (χ0v) is 11.8. The molecule has 2 aromatic carbocycles. The number of rotatable bonds is 3. The van der Waals surface area contributed by atoms with Gasteiger partial charge in [-0.2, -0.15) is 5.10 Å². The third-order valence-corrected chi connectivity index (χ3v) is 3.19. The minimum Gasteiger partial charge on any atom is -0.323 e. The van der Waals surface area contributed by atoms with Crippen molar-refractivity contribution >= 4 is 46.4 Å². The van der Waals surface area contributed by atoms with E-state index in [4.69, 9.17) is 23.2 Å². The fraction of sp³-hybridized carbons (Fsp3) is 0.0667. The van der Waals surface area contributed by atoms with E-state index >= 15 is 0 Å². The quantitative estimate of drug-likeness (QED) is 0.529. The number of hydrogen-bond donors (Lipinski definition) is 2. The minimum absolute atomic E-state index is 0. The summed E-state index contributed by atoms with van der Waals surface area (Å²) in [6.45, 7) is 0. The first kappa shape index (κ1) is 15.4. The van der Waals surface area contributed by atoms with Crippen molar-refractivity contribution in [1.29, 1.82) is 0 Å². The molecule has 0 atom stereocenters. The number of fused-ring (bicyclic) bond motifs is 1. The summed E-state index contributed by atoms with van der Waals surface area (Å²) in [7, 11) is 0. The normalized spacial score (nSPS) is 10.8. The topological polar surface area (TPSA) is 53.1 Å². The van der Waals surface area contributed by atoms with E-state index in [0.29, 0.717) is 16.0 Å². The van der Waals surface area contributed by atoms with Crippen molar-refractivity contribution in [2.45, 2.75) is 7.43 Å². The predicted octanol–water partition coefficient (Wildman–Crippen LogP) is 4.95. The fourth-order valence-corrected chi connectivity index (χ4v) is 2.05. The maximum atomic E-state index is 5.92. The highest BCUT2D eigenvalue weighted by molar-refractivity contribution is 6.31. The van der Waals surface area contributed by atoms with E-state index in [1.807, 2.05) is 36.4 Å². The van der Waals surface area contributed by atoms with Crippen LogP contribution in [0, 0.1) is 0 Å². The van der Waals surface area contributed by atoms with Crippen LogP contribution in [-0.4, -0.2) is 16.2 Å². The third kappa shape index (κ3) is 3.74. The molecule has 4 nitrogen and oxygen atoms in total. The molecule has 0 saturated heterocycles. The molecule has 108 valence electrons. The SMILES string of the molecule is C.Clc1ccc(/C=N/Nc2nc3ccc(Cl)cc3[nH]2)cc1. The Morgan fingerprint density at radius 3 is 2.52 bits per heavy atom. The molecule has 0 unspecified atom stereocenters. The molecular formula is C15H14Cl2N4. The lowest BCUT2D eigenvalue weighted by molar-refractivity contribution is 1.21. The Labute approximate surface area is 132 Å². The Morgan fingerprint density at radius 2 is 1.76 bits per heavy atom. The molecule has 1 aromatic heterocycles. The van der Waals surface area contributed by atoms with Gasteiger partial charge in [0.25, 0.3) is 0 Å². The molecule has 21 heavy (non-hydrogen) atoms. The summed E-state index contributed by atoms with van der Waals surface area (Å²) in [5.41, 5.74) is 5.48. The fourth-order valence-electron chi connectivity index (χ4n) is 1.75. The average molecular weight is 321 g/mol. The molecule has 0 saturated carbocycles. The van der Waals surface area contributed by atoms with Gasteiger partial charge < -0.3 is 4.98 Å². The summed E-state index contributed by atoms with van der Waals surface area (Å²) in [4.78, 5) is 7.43. The maximum Gasteiger partial charge on any atom is 0.222 e. The van der Waals surface area contributed by atoms with E-state index in [-0.39, 0.29) is 7.43 Å². The molecule has 0 aliphatic rings. The third-order valence-electron chi connectivity index (χ3n) is 2.70. The van der Waals surface area contributed by atoms with E-state index in [1.54, 1.807) is 12.3 Å². The van der Waals surface area contributed by atoms with Gasteiger partial charge in [0.1, 0.15) is 0 Å². The highest BCUT2D eigenvalue weighted by atomic mass is 35.5. The van der Waals surface area contributed by atoms with Gasteiger partial charge in [0.2, 0.25) is 5.95 Å². The number of aromatic amines is 1. The molecular weight excluding hydrogens is 307 g/mol. The molecule has 0 fully saturated rings. The Kier molecular flexibility index (Phi) is 4.83. The van der Waals surface area contributed by atoms with Crippen LogP contribution in [0.5, 0.6) is 0 Å². The number of nitrogens with zero attached hydrogens (tertiary/aromatic N) is 2. The van der Waals surface area contributed by atoms with Gasteiger partial charge in [0.15, 0.2) is 0 Å². The molecule has 0 spiro atoms. The Bertz CT molecular complexity index is 763. The number of hydrazone groups is 1. The number of nitrogens with one attached hydrogen (secondary N) is 2. The summed E-state index contributed by atoms with van der Waals surface area (Å²) >= 11 is 11.7. The summed E-state index contributed by atoms with van der Waals surface area (Å²) in [5, 5.41) is 5.48. The van der Waals surface area contributed by atoms with Crippen LogP contribution < -0.4 is 5.43 Å². The van der Waals surface area contributed by atoms with Crippen molar-refractivity contribution in [3.05, 3.63) is 58.1 Å². The molecule has 0 bridgehead atoms. The predicted molar refractivity (Wildman–Crippen MR) is 90.5 cm³/mol. The summed E-state index contributed by atoms with van der Waals surface area (Å²) in [6, 6.07) is 12.8. The van der Waals surface area contributed by atoms with E-state index in [9.17, 15) is 0 Å². The maximum absolute atomic E-state index is 5.92. The first-order chi connectivity index (χ1) is 9.70. The van der Waals surface area contributed by atoms with Crippen molar-refractivity contribution in [3.8, 4) is 0 Å². The van der Waals surface area contributed by atoms with Gasteiger partial charge in [-0.15, -0.1) is 0 Å². The molecule has 1 heterocycles. The number of imidazole rings is 1.